The molecule has 0 unspecified atom stereocenters. The van der Waals surface area contributed by atoms with Gasteiger partial charge in [0, 0.05) is 17.7 Å². The molecule has 2 N–H and O–H groups in total. The van der Waals surface area contributed by atoms with Gasteiger partial charge in [0.15, 0.2) is 0 Å². The maximum absolute atomic E-state index is 8.99. The van der Waals surface area contributed by atoms with Crippen LogP contribution < -0.4 is 15.2 Å². The van der Waals surface area contributed by atoms with Crippen LogP contribution in [0.3, 0.4) is 0 Å². The summed E-state index contributed by atoms with van der Waals surface area (Å²) in [5, 5.41) is 8.99. The average Bonchev–Trinajstić information content (AvgIpc) is 2.53. The highest BCUT2D eigenvalue weighted by Crippen LogP contribution is 2.26. The first-order valence-corrected chi connectivity index (χ1v) is 6.68. The van der Waals surface area contributed by atoms with Crippen LogP contribution in [-0.2, 0) is 13.2 Å². The number of hydrogen-bond acceptors (Lipinski definition) is 4. The predicted octanol–water partition coefficient (Wildman–Crippen LogP) is 2.91. The van der Waals surface area contributed by atoms with Crippen LogP contribution in [0.5, 0.6) is 11.5 Å². The second-order valence-corrected chi connectivity index (χ2v) is 4.69. The number of nitrogens with two attached hydrogens (primary N) is 1. The molecule has 0 spiro atoms. The minimum atomic E-state index is 0.330. The fourth-order valence-corrected chi connectivity index (χ4v) is 2.19. The van der Waals surface area contributed by atoms with E-state index in [0.29, 0.717) is 24.5 Å². The van der Waals surface area contributed by atoms with Crippen molar-refractivity contribution < 1.29 is 9.47 Å². The molecule has 0 aliphatic heterocycles. The van der Waals surface area contributed by atoms with Gasteiger partial charge in [-0.1, -0.05) is 18.2 Å². The number of nitrogens with zero attached hydrogens (tertiary/aromatic N) is 1. The van der Waals surface area contributed by atoms with Crippen LogP contribution in [0.1, 0.15) is 22.3 Å². The SMILES string of the molecule is COc1ccc(C#N)cc1COc1c(C)cccc1CN. The zero-order valence-corrected chi connectivity index (χ0v) is 12.2. The average molecular weight is 282 g/mol. The molecule has 4 heteroatoms. The smallest absolute Gasteiger partial charge is 0.127 e. The van der Waals surface area contributed by atoms with E-state index in [1.807, 2.05) is 25.1 Å². The summed E-state index contributed by atoms with van der Waals surface area (Å²) < 4.78 is 11.2. The summed E-state index contributed by atoms with van der Waals surface area (Å²) in [7, 11) is 1.60. The minimum Gasteiger partial charge on any atom is -0.496 e. The lowest BCUT2D eigenvalue weighted by Gasteiger charge is -2.15. The van der Waals surface area contributed by atoms with Crippen molar-refractivity contribution in [3.8, 4) is 17.6 Å². The van der Waals surface area contributed by atoms with Gasteiger partial charge in [0.25, 0.3) is 0 Å². The normalized spacial score (nSPS) is 10.0. The Morgan fingerprint density at radius 2 is 2.00 bits per heavy atom. The van der Waals surface area contributed by atoms with E-state index >= 15 is 0 Å². The summed E-state index contributed by atoms with van der Waals surface area (Å²) in [4.78, 5) is 0. The van der Waals surface area contributed by atoms with Gasteiger partial charge in [0.2, 0.25) is 0 Å². The quantitative estimate of drug-likeness (QED) is 0.915. The predicted molar refractivity (Wildman–Crippen MR) is 81.1 cm³/mol. The molecule has 0 radical (unpaired) electrons. The number of nitriles is 1. The zero-order chi connectivity index (χ0) is 15.2. The number of aryl methyl sites for hydroxylation is 1. The molecule has 0 saturated heterocycles. The van der Waals surface area contributed by atoms with Gasteiger partial charge in [-0.3, -0.25) is 0 Å². The van der Waals surface area contributed by atoms with Gasteiger partial charge < -0.3 is 15.2 Å². The van der Waals surface area contributed by atoms with Crippen LogP contribution in [0.25, 0.3) is 0 Å². The maximum atomic E-state index is 8.99. The highest BCUT2D eigenvalue weighted by atomic mass is 16.5. The molecule has 0 aliphatic rings. The van der Waals surface area contributed by atoms with Crippen molar-refractivity contribution in [3.63, 3.8) is 0 Å². The van der Waals surface area contributed by atoms with E-state index < -0.39 is 0 Å². The minimum absolute atomic E-state index is 0.330. The highest BCUT2D eigenvalue weighted by molar-refractivity contribution is 5.44. The van der Waals surface area contributed by atoms with Crippen molar-refractivity contribution in [2.75, 3.05) is 7.11 Å². The summed E-state index contributed by atoms with van der Waals surface area (Å²) in [5.41, 5.74) is 9.16. The van der Waals surface area contributed by atoms with Crippen molar-refractivity contribution >= 4 is 0 Å². The molecule has 0 amide bonds. The standard InChI is InChI=1S/C17H18N2O2/c1-12-4-3-5-14(10-19)17(12)21-11-15-8-13(9-18)6-7-16(15)20-2/h3-8H,10-11,19H2,1-2H3. The number of benzene rings is 2. The number of para-hydroxylation sites is 1. The highest BCUT2D eigenvalue weighted by Gasteiger charge is 2.09. The summed E-state index contributed by atoms with van der Waals surface area (Å²) in [6.45, 7) is 2.74. The topological polar surface area (TPSA) is 68.3 Å². The molecule has 0 atom stereocenters. The van der Waals surface area contributed by atoms with Gasteiger partial charge in [-0.15, -0.1) is 0 Å². The Hall–Kier alpha value is -2.51. The first-order chi connectivity index (χ1) is 10.2. The Bertz CT molecular complexity index is 675. The number of methoxy groups -OCH3 is 1. The Labute approximate surface area is 124 Å². The summed E-state index contributed by atoms with van der Waals surface area (Å²) in [6.07, 6.45) is 0. The van der Waals surface area contributed by atoms with E-state index in [4.69, 9.17) is 20.5 Å². The fraction of sp³-hybridized carbons (Fsp3) is 0.235. The van der Waals surface area contributed by atoms with Gasteiger partial charge in [0.1, 0.15) is 18.1 Å². The Kier molecular flexibility index (Phi) is 4.81. The molecular weight excluding hydrogens is 264 g/mol. The van der Waals surface area contributed by atoms with Crippen molar-refractivity contribution in [1.29, 1.82) is 5.26 Å². The molecule has 0 aromatic heterocycles. The fourth-order valence-electron chi connectivity index (χ4n) is 2.19. The van der Waals surface area contributed by atoms with Gasteiger partial charge >= 0.3 is 0 Å². The van der Waals surface area contributed by atoms with E-state index in [1.54, 1.807) is 25.3 Å². The van der Waals surface area contributed by atoms with E-state index in [1.165, 1.54) is 0 Å². The van der Waals surface area contributed by atoms with Gasteiger partial charge in [-0.2, -0.15) is 5.26 Å². The molecule has 4 nitrogen and oxygen atoms in total. The Balaban J connectivity index is 2.26. The van der Waals surface area contributed by atoms with Crippen LogP contribution in [0.2, 0.25) is 0 Å². The van der Waals surface area contributed by atoms with Crippen LogP contribution in [0, 0.1) is 18.3 Å². The maximum Gasteiger partial charge on any atom is 0.127 e. The van der Waals surface area contributed by atoms with Gasteiger partial charge in [-0.05, 0) is 30.7 Å². The summed E-state index contributed by atoms with van der Waals surface area (Å²) >= 11 is 0. The lowest BCUT2D eigenvalue weighted by atomic mass is 10.1. The third-order valence-electron chi connectivity index (χ3n) is 3.29. The van der Waals surface area contributed by atoms with Crippen LogP contribution in [-0.4, -0.2) is 7.11 Å². The lowest BCUT2D eigenvalue weighted by Crippen LogP contribution is -2.05. The summed E-state index contributed by atoms with van der Waals surface area (Å²) in [5.74, 6) is 1.50. The zero-order valence-electron chi connectivity index (χ0n) is 12.2. The van der Waals surface area contributed by atoms with Crippen LogP contribution in [0.4, 0.5) is 0 Å². The molecule has 0 saturated carbocycles. The van der Waals surface area contributed by atoms with Gasteiger partial charge in [-0.25, -0.2) is 0 Å². The van der Waals surface area contributed by atoms with E-state index in [-0.39, 0.29) is 0 Å². The van der Waals surface area contributed by atoms with E-state index in [9.17, 15) is 0 Å². The van der Waals surface area contributed by atoms with Crippen molar-refractivity contribution in [3.05, 3.63) is 58.7 Å². The molecular formula is C17H18N2O2. The van der Waals surface area contributed by atoms with Crippen LogP contribution in [0.15, 0.2) is 36.4 Å². The molecule has 0 bridgehead atoms. The van der Waals surface area contributed by atoms with Crippen LogP contribution >= 0.6 is 0 Å². The van der Waals surface area contributed by atoms with E-state index in [0.717, 1.165) is 22.4 Å². The third-order valence-corrected chi connectivity index (χ3v) is 3.29. The molecule has 0 fully saturated rings. The third kappa shape index (κ3) is 3.33. The van der Waals surface area contributed by atoms with Crippen molar-refractivity contribution in [2.45, 2.75) is 20.1 Å². The molecule has 2 aromatic carbocycles. The second-order valence-electron chi connectivity index (χ2n) is 4.69. The number of ether oxygens (including phenoxy) is 2. The number of hydrogen-bond donors (Lipinski definition) is 1. The first kappa shape index (κ1) is 14.9. The Morgan fingerprint density at radius 1 is 1.19 bits per heavy atom. The molecule has 0 aliphatic carbocycles. The van der Waals surface area contributed by atoms with Crippen molar-refractivity contribution in [2.24, 2.45) is 5.73 Å². The van der Waals surface area contributed by atoms with E-state index in [2.05, 4.69) is 6.07 Å². The Morgan fingerprint density at radius 3 is 2.67 bits per heavy atom. The molecule has 2 rings (SSSR count). The largest absolute Gasteiger partial charge is 0.496 e. The number of rotatable bonds is 5. The first-order valence-electron chi connectivity index (χ1n) is 6.68. The lowest BCUT2D eigenvalue weighted by molar-refractivity contribution is 0.292. The van der Waals surface area contributed by atoms with Gasteiger partial charge in [0.05, 0.1) is 18.7 Å². The monoisotopic (exact) mass is 282 g/mol. The second kappa shape index (κ2) is 6.78. The summed E-state index contributed by atoms with van der Waals surface area (Å²) in [6, 6.07) is 13.3. The molecule has 21 heavy (non-hydrogen) atoms. The van der Waals surface area contributed by atoms with Crippen molar-refractivity contribution in [1.82, 2.24) is 0 Å². The molecule has 0 heterocycles. The molecule has 108 valence electrons. The molecule has 2 aromatic rings.